The van der Waals surface area contributed by atoms with Crippen molar-refractivity contribution in [1.29, 1.82) is 0 Å². The number of aliphatic hydroxyl groups excluding tert-OH is 1. The lowest BCUT2D eigenvalue weighted by molar-refractivity contribution is 0.342. The number of rotatable bonds is 3. The van der Waals surface area contributed by atoms with Gasteiger partial charge < -0.3 is 5.11 Å². The fourth-order valence-electron chi connectivity index (χ4n) is 1.12. The Morgan fingerprint density at radius 3 is 2.67 bits per heavy atom. The van der Waals surface area contributed by atoms with Gasteiger partial charge in [0, 0.05) is 0 Å². The van der Waals surface area contributed by atoms with E-state index in [4.69, 9.17) is 5.11 Å². The summed E-state index contributed by atoms with van der Waals surface area (Å²) >= 11 is 0. The van der Waals surface area contributed by atoms with E-state index >= 15 is 0 Å². The van der Waals surface area contributed by atoms with Gasteiger partial charge in [-0.1, -0.05) is 36.4 Å². The number of benzene rings is 1. The molecule has 0 unspecified atom stereocenters. The first-order chi connectivity index (χ1) is 5.84. The smallest absolute Gasteiger partial charge is 0.0612 e. The molecule has 1 aromatic carbocycles. The van der Waals surface area contributed by atoms with Crippen molar-refractivity contribution in [3.63, 3.8) is 0 Å². The van der Waals surface area contributed by atoms with Crippen LogP contribution in [0, 0.1) is 6.92 Å². The molecule has 0 saturated carbocycles. The van der Waals surface area contributed by atoms with Crippen molar-refractivity contribution in [3.05, 3.63) is 47.5 Å². The molecule has 1 aromatic rings. The van der Waals surface area contributed by atoms with Gasteiger partial charge >= 0.3 is 0 Å². The van der Waals surface area contributed by atoms with Crippen molar-refractivity contribution >= 4 is 0 Å². The third-order valence-electron chi connectivity index (χ3n) is 1.87. The second-order valence-electron chi connectivity index (χ2n) is 2.78. The molecule has 1 N–H and O–H groups in total. The van der Waals surface area contributed by atoms with Gasteiger partial charge in [0.25, 0.3) is 0 Å². The topological polar surface area (TPSA) is 20.2 Å². The summed E-state index contributed by atoms with van der Waals surface area (Å²) in [5.41, 5.74) is 2.63. The van der Waals surface area contributed by atoms with Crippen LogP contribution >= 0.6 is 0 Å². The van der Waals surface area contributed by atoms with E-state index in [1.165, 1.54) is 11.1 Å². The number of aryl methyl sites for hydroxylation is 1. The molecule has 1 heteroatoms. The molecule has 0 heterocycles. The van der Waals surface area contributed by atoms with Crippen molar-refractivity contribution < 1.29 is 5.11 Å². The molecule has 0 saturated heterocycles. The zero-order valence-electron chi connectivity index (χ0n) is 7.33. The molecular formula is C11H14O. The highest BCUT2D eigenvalue weighted by Gasteiger charge is 1.91. The van der Waals surface area contributed by atoms with E-state index in [0.29, 0.717) is 0 Å². The third kappa shape index (κ3) is 2.51. The fraction of sp³-hybridized carbons (Fsp3) is 0.273. The maximum absolute atomic E-state index is 8.53. The standard InChI is InChI=1S/C11H14O/c1-10-6-2-3-7-11(10)8-4-5-9-12/h2-7,12H,8-9H2,1H3/b5-4+. The maximum atomic E-state index is 8.53. The second-order valence-corrected chi connectivity index (χ2v) is 2.78. The Bertz CT molecular complexity index is 263. The lowest BCUT2D eigenvalue weighted by Crippen LogP contribution is -1.85. The first-order valence-corrected chi connectivity index (χ1v) is 4.15. The predicted octanol–water partition coefficient (Wildman–Crippen LogP) is 2.09. The van der Waals surface area contributed by atoms with E-state index in [1.54, 1.807) is 6.08 Å². The van der Waals surface area contributed by atoms with Gasteiger partial charge in [-0.2, -0.15) is 0 Å². The van der Waals surface area contributed by atoms with E-state index in [-0.39, 0.29) is 6.61 Å². The lowest BCUT2D eigenvalue weighted by atomic mass is 10.1. The van der Waals surface area contributed by atoms with Crippen LogP contribution in [-0.4, -0.2) is 11.7 Å². The maximum Gasteiger partial charge on any atom is 0.0612 e. The molecular weight excluding hydrogens is 148 g/mol. The molecule has 0 spiro atoms. The minimum absolute atomic E-state index is 0.131. The molecule has 12 heavy (non-hydrogen) atoms. The quantitative estimate of drug-likeness (QED) is 0.675. The lowest BCUT2D eigenvalue weighted by Gasteiger charge is -2.00. The van der Waals surface area contributed by atoms with Crippen molar-refractivity contribution in [2.24, 2.45) is 0 Å². The number of aliphatic hydroxyl groups is 1. The molecule has 0 fully saturated rings. The van der Waals surface area contributed by atoms with Gasteiger partial charge in [-0.25, -0.2) is 0 Å². The van der Waals surface area contributed by atoms with Crippen LogP contribution in [-0.2, 0) is 6.42 Å². The average Bonchev–Trinajstić information content (AvgIpc) is 2.09. The number of hydrogen-bond acceptors (Lipinski definition) is 1. The zero-order valence-corrected chi connectivity index (χ0v) is 7.33. The van der Waals surface area contributed by atoms with Gasteiger partial charge in [0.1, 0.15) is 0 Å². The molecule has 1 rings (SSSR count). The van der Waals surface area contributed by atoms with Crippen LogP contribution in [0.25, 0.3) is 0 Å². The summed E-state index contributed by atoms with van der Waals surface area (Å²) in [6.45, 7) is 2.23. The van der Waals surface area contributed by atoms with Gasteiger partial charge in [-0.15, -0.1) is 0 Å². The predicted molar refractivity (Wildman–Crippen MR) is 51.1 cm³/mol. The summed E-state index contributed by atoms with van der Waals surface area (Å²) in [6.07, 6.45) is 4.67. The minimum Gasteiger partial charge on any atom is -0.392 e. The van der Waals surface area contributed by atoms with E-state index in [1.807, 2.05) is 18.2 Å². The number of allylic oxidation sites excluding steroid dienone is 1. The fourth-order valence-corrected chi connectivity index (χ4v) is 1.12. The Kier molecular flexibility index (Phi) is 3.55. The molecule has 0 atom stereocenters. The first kappa shape index (κ1) is 9.01. The molecule has 0 bridgehead atoms. The highest BCUT2D eigenvalue weighted by atomic mass is 16.2. The van der Waals surface area contributed by atoms with Crippen molar-refractivity contribution in [3.8, 4) is 0 Å². The van der Waals surface area contributed by atoms with Crippen LogP contribution in [0.4, 0.5) is 0 Å². The van der Waals surface area contributed by atoms with Crippen molar-refractivity contribution in [1.82, 2.24) is 0 Å². The highest BCUT2D eigenvalue weighted by molar-refractivity contribution is 5.27. The first-order valence-electron chi connectivity index (χ1n) is 4.15. The Balaban J connectivity index is 2.63. The molecule has 1 nitrogen and oxygen atoms in total. The van der Waals surface area contributed by atoms with Gasteiger partial charge in [0.05, 0.1) is 6.61 Å². The molecule has 0 radical (unpaired) electrons. The number of hydrogen-bond donors (Lipinski definition) is 1. The van der Waals surface area contributed by atoms with Crippen LogP contribution in [0.5, 0.6) is 0 Å². The molecule has 0 aromatic heterocycles. The normalized spacial score (nSPS) is 10.8. The largest absolute Gasteiger partial charge is 0.392 e. The van der Waals surface area contributed by atoms with Gasteiger partial charge in [0.2, 0.25) is 0 Å². The Hall–Kier alpha value is -1.08. The van der Waals surface area contributed by atoms with E-state index in [2.05, 4.69) is 19.1 Å². The monoisotopic (exact) mass is 162 g/mol. The van der Waals surface area contributed by atoms with E-state index < -0.39 is 0 Å². The van der Waals surface area contributed by atoms with Crippen LogP contribution in [0.15, 0.2) is 36.4 Å². The Morgan fingerprint density at radius 1 is 1.25 bits per heavy atom. The second kappa shape index (κ2) is 4.73. The van der Waals surface area contributed by atoms with Gasteiger partial charge in [0.15, 0.2) is 0 Å². The van der Waals surface area contributed by atoms with Crippen LogP contribution in [0.2, 0.25) is 0 Å². The Morgan fingerprint density at radius 2 is 2.00 bits per heavy atom. The third-order valence-corrected chi connectivity index (χ3v) is 1.87. The summed E-state index contributed by atoms with van der Waals surface area (Å²) in [6, 6.07) is 8.28. The van der Waals surface area contributed by atoms with Crippen LogP contribution < -0.4 is 0 Å². The van der Waals surface area contributed by atoms with Gasteiger partial charge in [-0.3, -0.25) is 0 Å². The van der Waals surface area contributed by atoms with Crippen LogP contribution in [0.1, 0.15) is 11.1 Å². The van der Waals surface area contributed by atoms with Crippen LogP contribution in [0.3, 0.4) is 0 Å². The molecule has 64 valence electrons. The van der Waals surface area contributed by atoms with Crippen molar-refractivity contribution in [2.45, 2.75) is 13.3 Å². The SMILES string of the molecule is Cc1ccccc1C/C=C/CO. The molecule has 0 aliphatic rings. The summed E-state index contributed by atoms with van der Waals surface area (Å²) in [5, 5.41) is 8.53. The Labute approximate surface area is 73.4 Å². The molecule has 0 aliphatic carbocycles. The zero-order chi connectivity index (χ0) is 8.81. The van der Waals surface area contributed by atoms with Gasteiger partial charge in [-0.05, 0) is 24.5 Å². The summed E-state index contributed by atoms with van der Waals surface area (Å²) in [7, 11) is 0. The summed E-state index contributed by atoms with van der Waals surface area (Å²) < 4.78 is 0. The van der Waals surface area contributed by atoms with Crippen molar-refractivity contribution in [2.75, 3.05) is 6.61 Å². The summed E-state index contributed by atoms with van der Waals surface area (Å²) in [5.74, 6) is 0. The highest BCUT2D eigenvalue weighted by Crippen LogP contribution is 2.07. The summed E-state index contributed by atoms with van der Waals surface area (Å²) in [4.78, 5) is 0. The van der Waals surface area contributed by atoms with E-state index in [9.17, 15) is 0 Å². The van der Waals surface area contributed by atoms with E-state index in [0.717, 1.165) is 6.42 Å². The molecule has 0 amide bonds. The average molecular weight is 162 g/mol. The minimum atomic E-state index is 0.131. The molecule has 0 aliphatic heterocycles.